The summed E-state index contributed by atoms with van der Waals surface area (Å²) in [5.74, 6) is 1.48. The highest BCUT2D eigenvalue weighted by molar-refractivity contribution is 14.0. The summed E-state index contributed by atoms with van der Waals surface area (Å²) in [5, 5.41) is 3.33. The molecule has 0 atom stereocenters. The molecule has 2 rings (SSSR count). The van der Waals surface area contributed by atoms with E-state index in [0.717, 1.165) is 22.4 Å². The molecule has 31 heavy (non-hydrogen) atoms. The van der Waals surface area contributed by atoms with Crippen molar-refractivity contribution in [3.05, 3.63) is 65.2 Å². The largest absolute Gasteiger partial charge is 0.496 e. The molecule has 0 saturated carbocycles. The van der Waals surface area contributed by atoms with Gasteiger partial charge in [0, 0.05) is 38.8 Å². The molecule has 2 aromatic rings. The van der Waals surface area contributed by atoms with Crippen LogP contribution in [-0.4, -0.2) is 46.5 Å². The maximum absolute atomic E-state index is 12.4. The number of para-hydroxylation sites is 1. The van der Waals surface area contributed by atoms with Gasteiger partial charge < -0.3 is 15.0 Å². The summed E-state index contributed by atoms with van der Waals surface area (Å²) in [7, 11) is 1.94. The number of sulfonamides is 1. The first-order valence-corrected chi connectivity index (χ1v) is 11.5. The van der Waals surface area contributed by atoms with Gasteiger partial charge in [-0.15, -0.1) is 24.0 Å². The molecule has 0 aliphatic rings. The number of nitrogens with zero attached hydrogens (tertiary/aromatic N) is 2. The number of hydrogen-bond donors (Lipinski definition) is 2. The first-order valence-electron chi connectivity index (χ1n) is 9.86. The molecule has 0 aliphatic carbocycles. The fourth-order valence-electron chi connectivity index (χ4n) is 3.20. The lowest BCUT2D eigenvalue weighted by Gasteiger charge is -2.23. The van der Waals surface area contributed by atoms with Gasteiger partial charge in [-0.25, -0.2) is 13.1 Å². The molecule has 9 heteroatoms. The van der Waals surface area contributed by atoms with Crippen molar-refractivity contribution >= 4 is 40.0 Å². The van der Waals surface area contributed by atoms with Gasteiger partial charge in [0.05, 0.1) is 12.9 Å². The van der Waals surface area contributed by atoms with Crippen molar-refractivity contribution in [1.82, 2.24) is 14.9 Å². The summed E-state index contributed by atoms with van der Waals surface area (Å²) < 4.78 is 32.8. The van der Waals surface area contributed by atoms with Gasteiger partial charge in [-0.2, -0.15) is 0 Å². The third-order valence-electron chi connectivity index (χ3n) is 4.49. The molecule has 0 heterocycles. The zero-order chi connectivity index (χ0) is 22.1. The van der Waals surface area contributed by atoms with Gasteiger partial charge in [0.2, 0.25) is 10.0 Å². The van der Waals surface area contributed by atoms with E-state index >= 15 is 0 Å². The topological polar surface area (TPSA) is 83.0 Å². The number of rotatable bonds is 9. The van der Waals surface area contributed by atoms with Crippen molar-refractivity contribution in [1.29, 1.82) is 0 Å². The van der Waals surface area contributed by atoms with Crippen LogP contribution in [0.2, 0.25) is 0 Å². The van der Waals surface area contributed by atoms with Crippen LogP contribution in [0.4, 0.5) is 0 Å². The van der Waals surface area contributed by atoms with Crippen LogP contribution in [0.25, 0.3) is 0 Å². The van der Waals surface area contributed by atoms with Crippen molar-refractivity contribution in [3.8, 4) is 5.75 Å². The fraction of sp³-hybridized carbons (Fsp3) is 0.409. The van der Waals surface area contributed by atoms with Crippen LogP contribution in [0, 0.1) is 0 Å². The average Bonchev–Trinajstić information content (AvgIpc) is 2.68. The van der Waals surface area contributed by atoms with Crippen LogP contribution in [0.3, 0.4) is 0 Å². The van der Waals surface area contributed by atoms with E-state index in [1.807, 2.05) is 74.3 Å². The normalized spacial score (nSPS) is 11.7. The zero-order valence-corrected chi connectivity index (χ0v) is 21.9. The van der Waals surface area contributed by atoms with E-state index in [9.17, 15) is 8.42 Å². The maximum Gasteiger partial charge on any atom is 0.216 e. The summed E-state index contributed by atoms with van der Waals surface area (Å²) in [5.41, 5.74) is 2.73. The van der Waals surface area contributed by atoms with Gasteiger partial charge >= 0.3 is 0 Å². The quantitative estimate of drug-likeness (QED) is 0.279. The summed E-state index contributed by atoms with van der Waals surface area (Å²) >= 11 is 0. The van der Waals surface area contributed by atoms with Crippen molar-refractivity contribution in [2.45, 2.75) is 38.7 Å². The summed E-state index contributed by atoms with van der Waals surface area (Å²) in [6.07, 6.45) is 0. The Kier molecular flexibility index (Phi) is 11.3. The maximum atomic E-state index is 12.4. The van der Waals surface area contributed by atoms with Crippen molar-refractivity contribution in [2.24, 2.45) is 4.99 Å². The first kappa shape index (κ1) is 27.2. The Hall–Kier alpha value is -1.85. The molecule has 2 aromatic carbocycles. The number of methoxy groups -OCH3 is 1. The molecule has 0 saturated heterocycles. The third-order valence-corrected chi connectivity index (χ3v) is 6.01. The van der Waals surface area contributed by atoms with Crippen LogP contribution in [0.1, 0.15) is 30.5 Å². The molecule has 0 amide bonds. The molecule has 0 radical (unpaired) electrons. The molecule has 2 N–H and O–H groups in total. The number of nitrogens with one attached hydrogen (secondary N) is 2. The number of hydrogen-bond acceptors (Lipinski definition) is 4. The Bertz CT molecular complexity index is 965. The molecule has 0 fully saturated rings. The Morgan fingerprint density at radius 2 is 1.65 bits per heavy atom. The molecular formula is C22H33IN4O3S. The molecule has 0 unspecified atom stereocenters. The van der Waals surface area contributed by atoms with E-state index in [1.54, 1.807) is 14.2 Å². The Balaban J connectivity index is 0.00000480. The van der Waals surface area contributed by atoms with E-state index in [-0.39, 0.29) is 35.8 Å². The molecule has 0 bridgehead atoms. The van der Waals surface area contributed by atoms with Gasteiger partial charge in [-0.3, -0.25) is 4.99 Å². The van der Waals surface area contributed by atoms with Gasteiger partial charge in [-0.05, 0) is 31.0 Å². The molecule has 0 spiro atoms. The molecule has 0 aliphatic heterocycles. The van der Waals surface area contributed by atoms with Crippen molar-refractivity contribution in [3.63, 3.8) is 0 Å². The molecule has 7 nitrogen and oxygen atoms in total. The van der Waals surface area contributed by atoms with E-state index in [4.69, 9.17) is 4.74 Å². The number of ether oxygens (including phenoxy) is 1. The monoisotopic (exact) mass is 560 g/mol. The minimum atomic E-state index is -3.40. The van der Waals surface area contributed by atoms with Gasteiger partial charge in [0.15, 0.2) is 5.96 Å². The first-order chi connectivity index (χ1) is 14.3. The minimum absolute atomic E-state index is 0. The van der Waals surface area contributed by atoms with Gasteiger partial charge in [0.1, 0.15) is 5.75 Å². The van der Waals surface area contributed by atoms with Crippen molar-refractivity contribution < 1.29 is 13.2 Å². The highest BCUT2D eigenvalue weighted by Gasteiger charge is 2.16. The summed E-state index contributed by atoms with van der Waals surface area (Å²) in [6, 6.07) is 15.3. The number of aliphatic imine (C=N–C) groups is 1. The lowest BCUT2D eigenvalue weighted by molar-refractivity contribution is 0.396. The second-order valence-corrected chi connectivity index (χ2v) is 9.12. The Morgan fingerprint density at radius 3 is 2.23 bits per heavy atom. The highest BCUT2D eigenvalue weighted by Crippen LogP contribution is 2.19. The lowest BCUT2D eigenvalue weighted by Crippen LogP contribution is -2.38. The fourth-order valence-corrected chi connectivity index (χ4v) is 4.69. The lowest BCUT2D eigenvalue weighted by atomic mass is 10.1. The van der Waals surface area contributed by atoms with Crippen LogP contribution < -0.4 is 14.8 Å². The zero-order valence-electron chi connectivity index (χ0n) is 18.8. The Labute approximate surface area is 203 Å². The number of guanidine groups is 1. The molecule has 172 valence electrons. The average molecular weight is 561 g/mol. The third kappa shape index (κ3) is 8.66. The highest BCUT2D eigenvalue weighted by atomic mass is 127. The van der Waals surface area contributed by atoms with Gasteiger partial charge in [0.25, 0.3) is 0 Å². The van der Waals surface area contributed by atoms with E-state index in [2.05, 4.69) is 15.0 Å². The van der Waals surface area contributed by atoms with E-state index in [1.165, 1.54) is 0 Å². The second-order valence-electron chi connectivity index (χ2n) is 7.37. The SMILES string of the molecule is CN=C(NCc1ccccc1CS(=O)(=O)NC(C)C)N(C)Cc1ccccc1OC.I. The van der Waals surface area contributed by atoms with E-state index in [0.29, 0.717) is 19.0 Å². The Morgan fingerprint density at radius 1 is 1.06 bits per heavy atom. The number of halogens is 1. The molecular weight excluding hydrogens is 527 g/mol. The smallest absolute Gasteiger partial charge is 0.216 e. The summed E-state index contributed by atoms with van der Waals surface area (Å²) in [6.45, 7) is 4.72. The minimum Gasteiger partial charge on any atom is -0.496 e. The van der Waals surface area contributed by atoms with Crippen LogP contribution in [0.15, 0.2) is 53.5 Å². The predicted molar refractivity (Wildman–Crippen MR) is 137 cm³/mol. The number of benzene rings is 2. The van der Waals surface area contributed by atoms with Crippen LogP contribution >= 0.6 is 24.0 Å². The van der Waals surface area contributed by atoms with Crippen LogP contribution in [0.5, 0.6) is 5.75 Å². The van der Waals surface area contributed by atoms with Crippen LogP contribution in [-0.2, 0) is 28.9 Å². The molecule has 0 aromatic heterocycles. The van der Waals surface area contributed by atoms with Gasteiger partial charge in [-0.1, -0.05) is 42.5 Å². The second kappa shape index (κ2) is 12.9. The summed E-state index contributed by atoms with van der Waals surface area (Å²) in [4.78, 5) is 6.36. The van der Waals surface area contributed by atoms with Crippen molar-refractivity contribution in [2.75, 3.05) is 21.2 Å². The van der Waals surface area contributed by atoms with E-state index < -0.39 is 10.0 Å². The predicted octanol–water partition coefficient (Wildman–Crippen LogP) is 3.35. The standard InChI is InChI=1S/C22H32N4O3S.HI/c1-17(2)25-30(27,28)16-20-12-7-6-10-18(20)14-24-22(23-3)26(4)15-19-11-8-9-13-21(19)29-5;/h6-13,17,25H,14-16H2,1-5H3,(H,23,24);1H.